The Kier molecular flexibility index (Phi) is 5.50. The molecule has 0 aliphatic carbocycles. The van der Waals surface area contributed by atoms with Gasteiger partial charge >= 0.3 is 0 Å². The smallest absolute Gasteiger partial charge is 0.201 e. The van der Waals surface area contributed by atoms with Gasteiger partial charge in [-0.15, -0.1) is 11.3 Å². The molecule has 0 N–H and O–H groups in total. The number of hydrogen-bond donors (Lipinski definition) is 0. The van der Waals surface area contributed by atoms with Crippen LogP contribution in [0.3, 0.4) is 0 Å². The van der Waals surface area contributed by atoms with Gasteiger partial charge in [-0.05, 0) is 64.4 Å². The molecule has 0 radical (unpaired) electrons. The lowest BCUT2D eigenvalue weighted by Crippen LogP contribution is -2.00. The summed E-state index contributed by atoms with van der Waals surface area (Å²) in [6.45, 7) is 2.28. The summed E-state index contributed by atoms with van der Waals surface area (Å²) in [5.41, 5.74) is 1.95. The van der Waals surface area contributed by atoms with Crippen molar-refractivity contribution in [1.29, 1.82) is 0 Å². The highest BCUT2D eigenvalue weighted by Crippen LogP contribution is 2.33. The van der Waals surface area contributed by atoms with E-state index >= 15 is 0 Å². The molecule has 0 atom stereocenters. The molecule has 24 heavy (non-hydrogen) atoms. The van der Waals surface area contributed by atoms with E-state index < -0.39 is 11.6 Å². The van der Waals surface area contributed by atoms with Gasteiger partial charge < -0.3 is 4.74 Å². The van der Waals surface area contributed by atoms with Gasteiger partial charge in [-0.1, -0.05) is 31.2 Å². The van der Waals surface area contributed by atoms with Crippen molar-refractivity contribution in [3.8, 4) is 27.3 Å². The number of ether oxygens (including phenoxy) is 1. The highest BCUT2D eigenvalue weighted by atomic mass is 127. The van der Waals surface area contributed by atoms with Crippen LogP contribution in [0.2, 0.25) is 0 Å². The Hall–Kier alpha value is -1.47. The van der Waals surface area contributed by atoms with Crippen LogP contribution in [0.4, 0.5) is 8.78 Å². The van der Waals surface area contributed by atoms with Crippen molar-refractivity contribution < 1.29 is 13.5 Å². The van der Waals surface area contributed by atoms with E-state index in [0.29, 0.717) is 12.2 Å². The monoisotopic (exact) mass is 456 g/mol. The number of benzene rings is 2. The molecule has 0 spiro atoms. The summed E-state index contributed by atoms with van der Waals surface area (Å²) in [6, 6.07) is 14.6. The summed E-state index contributed by atoms with van der Waals surface area (Å²) < 4.78 is 34.9. The first-order chi connectivity index (χ1) is 11.6. The predicted molar refractivity (Wildman–Crippen MR) is 104 cm³/mol. The van der Waals surface area contributed by atoms with Crippen molar-refractivity contribution in [1.82, 2.24) is 0 Å². The van der Waals surface area contributed by atoms with Crippen molar-refractivity contribution in [3.63, 3.8) is 0 Å². The fourth-order valence-corrected chi connectivity index (χ4v) is 3.99. The van der Waals surface area contributed by atoms with Gasteiger partial charge in [0.05, 0.1) is 9.49 Å². The number of halogens is 3. The predicted octanol–water partition coefficient (Wildman–Crippen LogP) is 6.75. The van der Waals surface area contributed by atoms with Gasteiger partial charge in [-0.2, -0.15) is 4.39 Å². The lowest BCUT2D eigenvalue weighted by molar-refractivity contribution is 0.295. The second kappa shape index (κ2) is 7.61. The first-order valence-electron chi connectivity index (χ1n) is 7.57. The summed E-state index contributed by atoms with van der Waals surface area (Å²) in [4.78, 5) is 1.15. The van der Waals surface area contributed by atoms with Crippen molar-refractivity contribution in [2.24, 2.45) is 0 Å². The molecule has 0 unspecified atom stereocenters. The van der Waals surface area contributed by atoms with E-state index in [-0.39, 0.29) is 11.3 Å². The normalized spacial score (nSPS) is 10.8. The zero-order valence-electron chi connectivity index (χ0n) is 13.0. The Morgan fingerprint density at radius 3 is 2.25 bits per heavy atom. The summed E-state index contributed by atoms with van der Waals surface area (Å²) in [7, 11) is 0. The fraction of sp³-hybridized carbons (Fsp3) is 0.158. The maximum absolute atomic E-state index is 14.3. The van der Waals surface area contributed by atoms with Crippen LogP contribution in [-0.4, -0.2) is 6.61 Å². The van der Waals surface area contributed by atoms with Crippen LogP contribution < -0.4 is 4.74 Å². The highest BCUT2D eigenvalue weighted by Gasteiger charge is 2.15. The maximum atomic E-state index is 14.3. The molecule has 2 aromatic carbocycles. The summed E-state index contributed by atoms with van der Waals surface area (Å²) in [6.07, 6.45) is 0.742. The summed E-state index contributed by atoms with van der Waals surface area (Å²) in [5.74, 6) is -1.84. The zero-order chi connectivity index (χ0) is 17.1. The average molecular weight is 456 g/mol. The minimum atomic E-state index is -0.933. The molecule has 0 saturated heterocycles. The minimum Gasteiger partial charge on any atom is -0.490 e. The Bertz CT molecular complexity index is 843. The molecule has 0 fully saturated rings. The molecular weight excluding hydrogens is 441 g/mol. The third-order valence-corrected chi connectivity index (χ3v) is 5.51. The van der Waals surface area contributed by atoms with E-state index in [1.807, 2.05) is 31.2 Å². The fourth-order valence-electron chi connectivity index (χ4n) is 2.36. The lowest BCUT2D eigenvalue weighted by atomic mass is 10.0. The molecule has 1 aromatic heterocycles. The van der Waals surface area contributed by atoms with Crippen LogP contribution in [0.15, 0.2) is 48.5 Å². The Morgan fingerprint density at radius 2 is 1.62 bits per heavy atom. The van der Waals surface area contributed by atoms with E-state index in [1.54, 1.807) is 17.4 Å². The summed E-state index contributed by atoms with van der Waals surface area (Å²) >= 11 is 3.97. The molecule has 0 saturated carbocycles. The quantitative estimate of drug-likeness (QED) is 0.386. The molecule has 0 amide bonds. The molecule has 5 heteroatoms. The van der Waals surface area contributed by atoms with Crippen molar-refractivity contribution >= 4 is 33.9 Å². The molecule has 0 aliphatic rings. The zero-order valence-corrected chi connectivity index (χ0v) is 16.0. The van der Waals surface area contributed by atoms with Gasteiger partial charge in [0.25, 0.3) is 0 Å². The van der Waals surface area contributed by atoms with Crippen molar-refractivity contribution in [3.05, 3.63) is 63.0 Å². The topological polar surface area (TPSA) is 9.23 Å². The van der Waals surface area contributed by atoms with E-state index in [9.17, 15) is 8.78 Å². The lowest BCUT2D eigenvalue weighted by Gasteiger charge is -2.10. The van der Waals surface area contributed by atoms with E-state index in [1.165, 1.54) is 8.95 Å². The first-order valence-corrected chi connectivity index (χ1v) is 9.46. The van der Waals surface area contributed by atoms with Crippen LogP contribution in [0.5, 0.6) is 5.75 Å². The standard InChI is InChI=1S/C19H15F2IOS/c1-2-11-23-15-8-7-14(18(20)19(15)21)12-3-5-13(6-4-12)16-9-10-17(22)24-16/h3-10H,2,11H2,1H3. The molecule has 0 aliphatic heterocycles. The van der Waals surface area contributed by atoms with Crippen LogP contribution in [-0.2, 0) is 0 Å². The molecule has 1 heterocycles. The van der Waals surface area contributed by atoms with E-state index in [4.69, 9.17) is 4.74 Å². The minimum absolute atomic E-state index is 0.0390. The van der Waals surface area contributed by atoms with Crippen LogP contribution in [0.1, 0.15) is 13.3 Å². The second-order valence-electron chi connectivity index (χ2n) is 5.27. The van der Waals surface area contributed by atoms with Crippen LogP contribution >= 0.6 is 33.9 Å². The van der Waals surface area contributed by atoms with E-state index in [0.717, 1.165) is 16.9 Å². The number of rotatable bonds is 5. The van der Waals surface area contributed by atoms with Gasteiger partial charge in [0.2, 0.25) is 5.82 Å². The first kappa shape index (κ1) is 17.4. The Morgan fingerprint density at radius 1 is 0.917 bits per heavy atom. The SMILES string of the molecule is CCCOc1ccc(-c2ccc(-c3ccc(I)s3)cc2)c(F)c1F. The molecule has 3 aromatic rings. The maximum Gasteiger partial charge on any atom is 0.201 e. The van der Waals surface area contributed by atoms with E-state index in [2.05, 4.69) is 34.7 Å². The third kappa shape index (κ3) is 3.62. The van der Waals surface area contributed by atoms with Crippen molar-refractivity contribution in [2.45, 2.75) is 13.3 Å². The average Bonchev–Trinajstić information content (AvgIpc) is 3.03. The third-order valence-electron chi connectivity index (χ3n) is 3.56. The highest BCUT2D eigenvalue weighted by molar-refractivity contribution is 14.1. The van der Waals surface area contributed by atoms with Crippen molar-refractivity contribution in [2.75, 3.05) is 6.61 Å². The molecule has 124 valence electrons. The number of hydrogen-bond acceptors (Lipinski definition) is 2. The largest absolute Gasteiger partial charge is 0.490 e. The van der Waals surface area contributed by atoms with Crippen LogP contribution in [0.25, 0.3) is 21.6 Å². The Labute approximate surface area is 157 Å². The molecule has 1 nitrogen and oxygen atoms in total. The van der Waals surface area contributed by atoms with Gasteiger partial charge in [0.15, 0.2) is 11.6 Å². The van der Waals surface area contributed by atoms with Gasteiger partial charge in [0, 0.05) is 10.4 Å². The molecular formula is C19H15F2IOS. The Balaban J connectivity index is 1.90. The van der Waals surface area contributed by atoms with Crippen LogP contribution in [0, 0.1) is 14.5 Å². The van der Waals surface area contributed by atoms with Gasteiger partial charge in [-0.25, -0.2) is 4.39 Å². The second-order valence-corrected chi connectivity index (χ2v) is 8.25. The molecule has 0 bridgehead atoms. The van der Waals surface area contributed by atoms with Gasteiger partial charge in [-0.3, -0.25) is 0 Å². The number of thiophene rings is 1. The molecule has 3 rings (SSSR count). The summed E-state index contributed by atoms with van der Waals surface area (Å²) in [5, 5.41) is 0. The van der Waals surface area contributed by atoms with Gasteiger partial charge in [0.1, 0.15) is 0 Å².